The first-order valence-corrected chi connectivity index (χ1v) is 6.54. The van der Waals surface area contributed by atoms with Crippen molar-refractivity contribution in [3.05, 3.63) is 35.9 Å². The molecule has 1 atom stereocenters. The fourth-order valence-electron chi connectivity index (χ4n) is 2.78. The van der Waals surface area contributed by atoms with Crippen molar-refractivity contribution in [2.75, 3.05) is 23.1 Å². The third kappa shape index (κ3) is 1.71. The first kappa shape index (κ1) is 12.1. The lowest BCUT2D eigenvalue weighted by Gasteiger charge is -2.14. The zero-order valence-corrected chi connectivity index (χ0v) is 10.9. The summed E-state index contributed by atoms with van der Waals surface area (Å²) in [5, 5.41) is 11.2. The minimum atomic E-state index is -0.969. The van der Waals surface area contributed by atoms with E-state index in [1.54, 1.807) is 6.07 Å². The Labute approximate surface area is 115 Å². The molecule has 2 aromatic carbocycles. The summed E-state index contributed by atoms with van der Waals surface area (Å²) in [6.07, 6.45) is -0.969. The van der Waals surface area contributed by atoms with Crippen molar-refractivity contribution in [1.29, 1.82) is 0 Å². The van der Waals surface area contributed by atoms with Crippen LogP contribution in [0, 0.1) is 0 Å². The topological polar surface area (TPSA) is 66.6 Å². The van der Waals surface area contributed by atoms with Crippen molar-refractivity contribution in [3.63, 3.8) is 0 Å². The van der Waals surface area contributed by atoms with E-state index in [0.717, 1.165) is 16.3 Å². The van der Waals surface area contributed by atoms with Crippen LogP contribution in [0.2, 0.25) is 0 Å². The summed E-state index contributed by atoms with van der Waals surface area (Å²) in [7, 11) is 0. The molecule has 0 fully saturated rings. The third-order valence-electron chi connectivity index (χ3n) is 3.62. The van der Waals surface area contributed by atoms with Crippen LogP contribution in [0.4, 0.5) is 16.2 Å². The average molecular weight is 277 g/mol. The van der Waals surface area contributed by atoms with E-state index >= 15 is 0 Å². The molecule has 0 aromatic heterocycles. The lowest BCUT2D eigenvalue weighted by atomic mass is 9.95. The summed E-state index contributed by atoms with van der Waals surface area (Å²) in [5.74, 6) is 0.406. The van der Waals surface area contributed by atoms with Crippen molar-refractivity contribution >= 4 is 39.8 Å². The highest BCUT2D eigenvalue weighted by Crippen LogP contribution is 2.43. The fraction of sp³-hybridized carbons (Fsp3) is 0.214. The number of amides is 1. The largest absolute Gasteiger partial charge is 0.465 e. The summed E-state index contributed by atoms with van der Waals surface area (Å²) in [6.45, 7) is 0.390. The van der Waals surface area contributed by atoms with Crippen molar-refractivity contribution < 1.29 is 9.90 Å². The number of hydrogen-bond donors (Lipinski definition) is 2. The molecule has 5 heteroatoms. The number of nitrogens with zero attached hydrogens (tertiary/aromatic N) is 1. The van der Waals surface area contributed by atoms with E-state index in [-0.39, 0.29) is 5.92 Å². The van der Waals surface area contributed by atoms with Gasteiger partial charge < -0.3 is 10.8 Å². The van der Waals surface area contributed by atoms with Crippen LogP contribution in [0.3, 0.4) is 0 Å². The Morgan fingerprint density at radius 1 is 1.42 bits per heavy atom. The molecule has 0 saturated carbocycles. The molecule has 19 heavy (non-hydrogen) atoms. The molecule has 4 nitrogen and oxygen atoms in total. The van der Waals surface area contributed by atoms with Crippen LogP contribution in [0.25, 0.3) is 10.8 Å². The van der Waals surface area contributed by atoms with Gasteiger partial charge in [0.1, 0.15) is 0 Å². The van der Waals surface area contributed by atoms with Crippen molar-refractivity contribution in [2.45, 2.75) is 5.92 Å². The van der Waals surface area contributed by atoms with Gasteiger partial charge >= 0.3 is 6.09 Å². The third-order valence-corrected chi connectivity index (χ3v) is 3.99. The molecule has 3 N–H and O–H groups in total. The second-order valence-corrected chi connectivity index (χ2v) is 5.00. The number of nitrogens with two attached hydrogens (primary N) is 1. The van der Waals surface area contributed by atoms with Gasteiger partial charge in [-0.1, -0.05) is 24.3 Å². The molecule has 0 radical (unpaired) electrons. The Kier molecular flexibility index (Phi) is 2.75. The highest BCUT2D eigenvalue weighted by atomic mass is 35.5. The standard InChI is InChI=1S/C14H13ClN2O2/c15-6-8-7-17(14(18)19)12-5-11(16)9-3-1-2-4-10(9)13(8)12/h1-5,8H,6-7,16H2,(H,18,19). The number of nitrogen functional groups attached to an aromatic ring is 1. The van der Waals surface area contributed by atoms with E-state index in [2.05, 4.69) is 0 Å². The number of alkyl halides is 1. The average Bonchev–Trinajstić information content (AvgIpc) is 2.78. The highest BCUT2D eigenvalue weighted by molar-refractivity contribution is 6.19. The molecule has 1 unspecified atom stereocenters. The van der Waals surface area contributed by atoms with Gasteiger partial charge in [0.15, 0.2) is 0 Å². The van der Waals surface area contributed by atoms with Gasteiger partial charge in [0, 0.05) is 29.4 Å². The fourth-order valence-corrected chi connectivity index (χ4v) is 3.03. The first-order valence-electron chi connectivity index (χ1n) is 6.01. The van der Waals surface area contributed by atoms with E-state index < -0.39 is 6.09 Å². The number of carboxylic acid groups (broad SMARTS) is 1. The van der Waals surface area contributed by atoms with Crippen molar-refractivity contribution in [2.24, 2.45) is 0 Å². The molecule has 1 heterocycles. The highest BCUT2D eigenvalue weighted by Gasteiger charge is 2.33. The maximum absolute atomic E-state index is 11.3. The zero-order chi connectivity index (χ0) is 13.6. The molecule has 2 aromatic rings. The first-order chi connectivity index (χ1) is 9.13. The van der Waals surface area contributed by atoms with Crippen LogP contribution in [-0.2, 0) is 0 Å². The molecule has 0 bridgehead atoms. The van der Waals surface area contributed by atoms with E-state index in [1.165, 1.54) is 4.90 Å². The predicted octanol–water partition coefficient (Wildman–Crippen LogP) is 3.24. The lowest BCUT2D eigenvalue weighted by Crippen LogP contribution is -2.28. The smallest absolute Gasteiger partial charge is 0.411 e. The summed E-state index contributed by atoms with van der Waals surface area (Å²) < 4.78 is 0. The molecule has 1 aliphatic heterocycles. The Balaban J connectivity index is 2.34. The van der Waals surface area contributed by atoms with Gasteiger partial charge in [0.2, 0.25) is 0 Å². The number of carbonyl (C=O) groups is 1. The number of fused-ring (bicyclic) bond motifs is 3. The lowest BCUT2D eigenvalue weighted by molar-refractivity contribution is 0.202. The van der Waals surface area contributed by atoms with Crippen LogP contribution in [-0.4, -0.2) is 23.6 Å². The van der Waals surface area contributed by atoms with Gasteiger partial charge in [-0.15, -0.1) is 11.6 Å². The van der Waals surface area contributed by atoms with Crippen molar-refractivity contribution in [3.8, 4) is 0 Å². The zero-order valence-electron chi connectivity index (χ0n) is 10.1. The normalized spacial score (nSPS) is 17.7. The van der Waals surface area contributed by atoms with Gasteiger partial charge in [-0.2, -0.15) is 0 Å². The Bertz CT molecular complexity index is 672. The minimum Gasteiger partial charge on any atom is -0.465 e. The quantitative estimate of drug-likeness (QED) is 0.621. The summed E-state index contributed by atoms with van der Waals surface area (Å²) >= 11 is 5.99. The summed E-state index contributed by atoms with van der Waals surface area (Å²) in [5.41, 5.74) is 8.27. The van der Waals surface area contributed by atoms with E-state index in [1.807, 2.05) is 24.3 Å². The Morgan fingerprint density at radius 3 is 2.74 bits per heavy atom. The van der Waals surface area contributed by atoms with Gasteiger partial charge in [-0.25, -0.2) is 4.79 Å². The molecule has 0 aliphatic carbocycles. The second-order valence-electron chi connectivity index (χ2n) is 4.69. The van der Waals surface area contributed by atoms with Crippen molar-refractivity contribution in [1.82, 2.24) is 0 Å². The van der Waals surface area contributed by atoms with E-state index in [0.29, 0.717) is 23.8 Å². The number of hydrogen-bond acceptors (Lipinski definition) is 2. The molecular formula is C14H13ClN2O2. The van der Waals surface area contributed by atoms with Crippen LogP contribution in [0.1, 0.15) is 11.5 Å². The van der Waals surface area contributed by atoms with E-state index in [9.17, 15) is 9.90 Å². The Hall–Kier alpha value is -1.94. The van der Waals surface area contributed by atoms with Crippen LogP contribution in [0.5, 0.6) is 0 Å². The number of anilines is 2. The van der Waals surface area contributed by atoms with Gasteiger partial charge in [0.25, 0.3) is 0 Å². The molecule has 1 amide bonds. The summed E-state index contributed by atoms with van der Waals surface area (Å²) in [6, 6.07) is 9.49. The predicted molar refractivity (Wildman–Crippen MR) is 77.2 cm³/mol. The molecule has 98 valence electrons. The maximum atomic E-state index is 11.3. The number of rotatable bonds is 1. The van der Waals surface area contributed by atoms with Gasteiger partial charge in [-0.05, 0) is 17.0 Å². The SMILES string of the molecule is Nc1cc2c(c3ccccc13)C(CCl)CN2C(=O)O. The molecular weight excluding hydrogens is 264 g/mol. The van der Waals surface area contributed by atoms with Crippen LogP contribution in [0.15, 0.2) is 30.3 Å². The second kappa shape index (κ2) is 4.31. The minimum absolute atomic E-state index is 0.0123. The monoisotopic (exact) mass is 276 g/mol. The molecule has 0 spiro atoms. The van der Waals surface area contributed by atoms with Crippen LogP contribution < -0.4 is 10.6 Å². The molecule has 1 aliphatic rings. The van der Waals surface area contributed by atoms with Gasteiger partial charge in [0.05, 0.1) is 5.69 Å². The molecule has 3 rings (SSSR count). The van der Waals surface area contributed by atoms with Crippen LogP contribution >= 0.6 is 11.6 Å². The Morgan fingerprint density at radius 2 is 2.11 bits per heavy atom. The summed E-state index contributed by atoms with van der Waals surface area (Å²) in [4.78, 5) is 12.6. The van der Waals surface area contributed by atoms with E-state index in [4.69, 9.17) is 17.3 Å². The maximum Gasteiger partial charge on any atom is 0.411 e. The number of halogens is 1. The van der Waals surface area contributed by atoms with Gasteiger partial charge in [-0.3, -0.25) is 4.90 Å². The number of benzene rings is 2. The molecule has 0 saturated heterocycles.